The van der Waals surface area contributed by atoms with Crippen LogP contribution in [0.25, 0.3) is 11.1 Å². The highest BCUT2D eigenvalue weighted by Gasteiger charge is 2.23. The van der Waals surface area contributed by atoms with Gasteiger partial charge in [-0.25, -0.2) is 4.79 Å². The number of nitrogens with one attached hydrogen (secondary N) is 1. The molecule has 0 saturated heterocycles. The first-order chi connectivity index (χ1) is 11.6. The summed E-state index contributed by atoms with van der Waals surface area (Å²) in [7, 11) is 1.25. The third-order valence-electron chi connectivity index (χ3n) is 3.56. The number of aromatic hydroxyl groups is 1. The Labute approximate surface area is 140 Å². The standard InChI is InChI=1S/C19H19NO4/c1-3-8-16(19(23)24-2)20-18(22)15-12-7-11-14(17(15)21)13-9-5-4-6-10-13/h3-7,9-12,16,21H,1,8H2,2H3,(H,20,22). The van der Waals surface area contributed by atoms with Crippen LogP contribution in [0.4, 0.5) is 0 Å². The molecule has 5 nitrogen and oxygen atoms in total. The second kappa shape index (κ2) is 7.97. The van der Waals surface area contributed by atoms with Gasteiger partial charge in [-0.1, -0.05) is 48.5 Å². The molecular weight excluding hydrogens is 306 g/mol. The summed E-state index contributed by atoms with van der Waals surface area (Å²) in [6.45, 7) is 3.56. The van der Waals surface area contributed by atoms with Crippen LogP contribution in [0.3, 0.4) is 0 Å². The van der Waals surface area contributed by atoms with Crippen molar-refractivity contribution in [3.8, 4) is 16.9 Å². The molecule has 0 saturated carbocycles. The molecule has 1 atom stereocenters. The molecule has 1 unspecified atom stereocenters. The summed E-state index contributed by atoms with van der Waals surface area (Å²) >= 11 is 0. The molecular formula is C19H19NO4. The van der Waals surface area contributed by atoms with Gasteiger partial charge in [0.05, 0.1) is 12.7 Å². The predicted octanol–water partition coefficient (Wildman–Crippen LogP) is 2.91. The predicted molar refractivity (Wildman–Crippen MR) is 91.6 cm³/mol. The highest BCUT2D eigenvalue weighted by molar-refractivity contribution is 6.01. The van der Waals surface area contributed by atoms with Crippen molar-refractivity contribution in [1.29, 1.82) is 0 Å². The van der Waals surface area contributed by atoms with Crippen LogP contribution in [-0.2, 0) is 9.53 Å². The molecule has 2 N–H and O–H groups in total. The average molecular weight is 325 g/mol. The van der Waals surface area contributed by atoms with E-state index < -0.39 is 17.9 Å². The number of phenols is 1. The maximum absolute atomic E-state index is 12.4. The second-order valence-electron chi connectivity index (χ2n) is 5.14. The first-order valence-corrected chi connectivity index (χ1v) is 7.45. The number of benzene rings is 2. The van der Waals surface area contributed by atoms with E-state index >= 15 is 0 Å². The number of phenolic OH excluding ortho intramolecular Hbond substituents is 1. The normalized spacial score (nSPS) is 11.4. The molecule has 0 fully saturated rings. The van der Waals surface area contributed by atoms with E-state index in [2.05, 4.69) is 16.6 Å². The summed E-state index contributed by atoms with van der Waals surface area (Å²) < 4.78 is 4.66. The number of ether oxygens (including phenoxy) is 1. The van der Waals surface area contributed by atoms with Crippen LogP contribution in [0, 0.1) is 0 Å². The Balaban J connectivity index is 2.30. The van der Waals surface area contributed by atoms with Crippen LogP contribution in [0.5, 0.6) is 5.75 Å². The molecule has 24 heavy (non-hydrogen) atoms. The fourth-order valence-electron chi connectivity index (χ4n) is 2.34. The molecule has 0 aromatic heterocycles. The van der Waals surface area contributed by atoms with Gasteiger partial charge >= 0.3 is 5.97 Å². The van der Waals surface area contributed by atoms with Crippen molar-refractivity contribution in [1.82, 2.24) is 5.32 Å². The highest BCUT2D eigenvalue weighted by atomic mass is 16.5. The van der Waals surface area contributed by atoms with E-state index in [1.165, 1.54) is 19.3 Å². The van der Waals surface area contributed by atoms with Crippen molar-refractivity contribution < 1.29 is 19.4 Å². The van der Waals surface area contributed by atoms with Gasteiger partial charge in [0.2, 0.25) is 0 Å². The first-order valence-electron chi connectivity index (χ1n) is 7.45. The Bertz CT molecular complexity index is 740. The van der Waals surface area contributed by atoms with Gasteiger partial charge < -0.3 is 15.2 Å². The monoisotopic (exact) mass is 325 g/mol. The van der Waals surface area contributed by atoms with Crippen molar-refractivity contribution in [3.63, 3.8) is 0 Å². The average Bonchev–Trinajstić information content (AvgIpc) is 2.61. The van der Waals surface area contributed by atoms with E-state index in [1.54, 1.807) is 12.1 Å². The quantitative estimate of drug-likeness (QED) is 0.632. The van der Waals surface area contributed by atoms with E-state index in [1.807, 2.05) is 30.3 Å². The van der Waals surface area contributed by atoms with Gasteiger partial charge in [-0.2, -0.15) is 0 Å². The first kappa shape index (κ1) is 17.3. The van der Waals surface area contributed by atoms with Crippen molar-refractivity contribution in [2.24, 2.45) is 0 Å². The number of hydrogen-bond acceptors (Lipinski definition) is 4. The Hall–Kier alpha value is -3.08. The lowest BCUT2D eigenvalue weighted by molar-refractivity contribution is -0.142. The Morgan fingerprint density at radius 2 is 1.92 bits per heavy atom. The maximum atomic E-state index is 12.4. The van der Waals surface area contributed by atoms with Gasteiger partial charge in [-0.3, -0.25) is 4.79 Å². The molecule has 0 spiro atoms. The van der Waals surface area contributed by atoms with Crippen LogP contribution >= 0.6 is 0 Å². The van der Waals surface area contributed by atoms with Crippen LogP contribution in [-0.4, -0.2) is 30.1 Å². The summed E-state index contributed by atoms with van der Waals surface area (Å²) in [5.41, 5.74) is 1.43. The van der Waals surface area contributed by atoms with Crippen molar-refractivity contribution >= 4 is 11.9 Å². The number of carbonyl (C=O) groups excluding carboxylic acids is 2. The molecule has 124 valence electrons. The number of amides is 1. The van der Waals surface area contributed by atoms with E-state index in [-0.39, 0.29) is 17.7 Å². The summed E-state index contributed by atoms with van der Waals surface area (Å²) in [6, 6.07) is 13.3. The van der Waals surface area contributed by atoms with Gasteiger partial charge in [0.25, 0.3) is 5.91 Å². The molecule has 5 heteroatoms. The molecule has 0 aliphatic rings. The fraction of sp³-hybridized carbons (Fsp3) is 0.158. The maximum Gasteiger partial charge on any atom is 0.328 e. The molecule has 2 aromatic rings. The number of rotatable bonds is 6. The number of esters is 1. The molecule has 0 aliphatic heterocycles. The van der Waals surface area contributed by atoms with Gasteiger partial charge in [0.1, 0.15) is 11.8 Å². The minimum atomic E-state index is -0.847. The molecule has 0 heterocycles. The van der Waals surface area contributed by atoms with Crippen LogP contribution in [0.1, 0.15) is 16.8 Å². The Kier molecular flexibility index (Phi) is 5.73. The molecule has 2 aromatic carbocycles. The minimum Gasteiger partial charge on any atom is -0.506 e. The lowest BCUT2D eigenvalue weighted by Crippen LogP contribution is -2.41. The third kappa shape index (κ3) is 3.81. The van der Waals surface area contributed by atoms with Gasteiger partial charge in [0.15, 0.2) is 0 Å². The van der Waals surface area contributed by atoms with Gasteiger partial charge in [0, 0.05) is 5.56 Å². The number of hydrogen-bond donors (Lipinski definition) is 2. The molecule has 0 radical (unpaired) electrons. The second-order valence-corrected chi connectivity index (χ2v) is 5.14. The number of methoxy groups -OCH3 is 1. The van der Waals surface area contributed by atoms with Gasteiger partial charge in [-0.15, -0.1) is 6.58 Å². The lowest BCUT2D eigenvalue weighted by atomic mass is 10.0. The van der Waals surface area contributed by atoms with Crippen LogP contribution < -0.4 is 5.32 Å². The Morgan fingerprint density at radius 1 is 1.21 bits per heavy atom. The van der Waals surface area contributed by atoms with Crippen molar-refractivity contribution in [2.45, 2.75) is 12.5 Å². The van der Waals surface area contributed by atoms with Crippen LogP contribution in [0.2, 0.25) is 0 Å². The molecule has 2 rings (SSSR count). The van der Waals surface area contributed by atoms with Gasteiger partial charge in [-0.05, 0) is 18.1 Å². The van der Waals surface area contributed by atoms with Crippen molar-refractivity contribution in [2.75, 3.05) is 7.11 Å². The van der Waals surface area contributed by atoms with Crippen molar-refractivity contribution in [3.05, 3.63) is 66.7 Å². The molecule has 0 aliphatic carbocycles. The lowest BCUT2D eigenvalue weighted by Gasteiger charge is -2.16. The smallest absolute Gasteiger partial charge is 0.328 e. The van der Waals surface area contributed by atoms with E-state index in [0.717, 1.165) is 5.56 Å². The summed E-state index contributed by atoms with van der Waals surface area (Å²) in [6.07, 6.45) is 1.75. The Morgan fingerprint density at radius 3 is 2.54 bits per heavy atom. The minimum absolute atomic E-state index is 0.0920. The SMILES string of the molecule is C=CCC(NC(=O)c1cccc(-c2ccccc2)c1O)C(=O)OC. The summed E-state index contributed by atoms with van der Waals surface area (Å²) in [5.74, 6) is -1.26. The van der Waals surface area contributed by atoms with Crippen LogP contribution in [0.15, 0.2) is 61.2 Å². The zero-order valence-corrected chi connectivity index (χ0v) is 13.4. The number of carbonyl (C=O) groups is 2. The summed E-state index contributed by atoms with van der Waals surface area (Å²) in [4.78, 5) is 24.1. The number of para-hydroxylation sites is 1. The highest BCUT2D eigenvalue weighted by Crippen LogP contribution is 2.32. The fourth-order valence-corrected chi connectivity index (χ4v) is 2.34. The third-order valence-corrected chi connectivity index (χ3v) is 3.56. The van der Waals surface area contributed by atoms with E-state index in [4.69, 9.17) is 0 Å². The zero-order valence-electron chi connectivity index (χ0n) is 13.4. The van der Waals surface area contributed by atoms with E-state index in [0.29, 0.717) is 5.56 Å². The summed E-state index contributed by atoms with van der Waals surface area (Å²) in [5, 5.41) is 13.0. The topological polar surface area (TPSA) is 75.6 Å². The van der Waals surface area contributed by atoms with E-state index in [9.17, 15) is 14.7 Å². The zero-order chi connectivity index (χ0) is 17.5. The molecule has 0 bridgehead atoms. The largest absolute Gasteiger partial charge is 0.506 e. The molecule has 1 amide bonds.